The number of benzene rings is 2. The molecule has 0 unspecified atom stereocenters. The Balaban J connectivity index is 1.42. The van der Waals surface area contributed by atoms with Crippen molar-refractivity contribution in [2.75, 3.05) is 20.2 Å². The molecule has 2 aromatic carbocycles. The Hall–Kier alpha value is -4.04. The van der Waals surface area contributed by atoms with Gasteiger partial charge in [0.05, 0.1) is 24.1 Å². The number of aromatic nitrogens is 1. The molecule has 1 aromatic heterocycles. The van der Waals surface area contributed by atoms with Gasteiger partial charge in [0.1, 0.15) is 7.11 Å². The monoisotopic (exact) mass is 472 g/mol. The maximum absolute atomic E-state index is 13.3. The number of likely N-dealkylation sites (tertiary alicyclic amines) is 1. The van der Waals surface area contributed by atoms with Crippen LogP contribution < -0.4 is 5.32 Å². The Morgan fingerprint density at radius 3 is 2.54 bits per heavy atom. The van der Waals surface area contributed by atoms with E-state index in [4.69, 9.17) is 4.84 Å². The molecule has 35 heavy (non-hydrogen) atoms. The number of nitrogens with zero attached hydrogens (tertiary/aromatic N) is 3. The Labute approximate surface area is 204 Å². The number of aliphatic hydroxyl groups is 1. The van der Waals surface area contributed by atoms with Gasteiger partial charge in [0.2, 0.25) is 5.91 Å². The van der Waals surface area contributed by atoms with Crippen LogP contribution in [0.15, 0.2) is 84.1 Å². The minimum Gasteiger partial charge on any atom is -0.399 e. The average Bonchev–Trinajstić information content (AvgIpc) is 3.30. The van der Waals surface area contributed by atoms with Crippen molar-refractivity contribution in [1.29, 1.82) is 0 Å². The molecule has 1 aliphatic heterocycles. The van der Waals surface area contributed by atoms with Gasteiger partial charge >= 0.3 is 0 Å². The molecule has 2 N–H and O–H groups in total. The second-order valence-corrected chi connectivity index (χ2v) is 8.36. The fourth-order valence-electron chi connectivity index (χ4n) is 4.16. The first-order valence-electron chi connectivity index (χ1n) is 11.5. The molecule has 180 valence electrons. The predicted octanol–water partition coefficient (Wildman–Crippen LogP) is 3.21. The summed E-state index contributed by atoms with van der Waals surface area (Å²) in [7, 11) is 1.46. The minimum absolute atomic E-state index is 0.0948. The zero-order valence-corrected chi connectivity index (χ0v) is 19.5. The highest BCUT2D eigenvalue weighted by Gasteiger charge is 2.35. The van der Waals surface area contributed by atoms with Crippen molar-refractivity contribution < 1.29 is 19.5 Å². The van der Waals surface area contributed by atoms with Crippen LogP contribution in [0.1, 0.15) is 34.9 Å². The van der Waals surface area contributed by atoms with Crippen molar-refractivity contribution in [2.45, 2.75) is 25.0 Å². The molecule has 2 heterocycles. The van der Waals surface area contributed by atoms with Crippen molar-refractivity contribution in [3.8, 4) is 11.3 Å². The summed E-state index contributed by atoms with van der Waals surface area (Å²) in [5, 5.41) is 17.1. The number of amides is 2. The highest BCUT2D eigenvalue weighted by atomic mass is 16.6. The van der Waals surface area contributed by atoms with Gasteiger partial charge in [-0.05, 0) is 29.8 Å². The number of rotatable bonds is 8. The molecular weight excluding hydrogens is 444 g/mol. The van der Waals surface area contributed by atoms with Crippen LogP contribution in [0.4, 0.5) is 0 Å². The molecular formula is C27H28N4O4. The van der Waals surface area contributed by atoms with E-state index in [0.29, 0.717) is 24.2 Å². The Bertz CT molecular complexity index is 1170. The number of nitrogens with one attached hydrogen (secondary N) is 1. The summed E-state index contributed by atoms with van der Waals surface area (Å²) < 4.78 is 0. The summed E-state index contributed by atoms with van der Waals surface area (Å²) in [6.45, 7) is 0.386. The van der Waals surface area contributed by atoms with E-state index in [2.05, 4.69) is 15.5 Å². The second-order valence-electron chi connectivity index (χ2n) is 8.36. The lowest BCUT2D eigenvalue weighted by molar-refractivity contribution is -0.122. The Kier molecular flexibility index (Phi) is 7.84. The van der Waals surface area contributed by atoms with Crippen LogP contribution in [0.2, 0.25) is 0 Å². The average molecular weight is 473 g/mol. The molecule has 1 aliphatic rings. The summed E-state index contributed by atoms with van der Waals surface area (Å²) in [5.74, 6) is -0.423. The van der Waals surface area contributed by atoms with Crippen LogP contribution in [-0.2, 0) is 9.63 Å². The molecule has 2 amide bonds. The quantitative estimate of drug-likeness (QED) is 0.490. The van der Waals surface area contributed by atoms with Gasteiger partial charge in [-0.2, -0.15) is 0 Å². The van der Waals surface area contributed by atoms with E-state index in [0.717, 1.165) is 16.8 Å². The zero-order valence-electron chi connectivity index (χ0n) is 19.5. The van der Waals surface area contributed by atoms with Gasteiger partial charge in [0.25, 0.3) is 5.91 Å². The van der Waals surface area contributed by atoms with E-state index in [9.17, 15) is 14.7 Å². The van der Waals surface area contributed by atoms with Gasteiger partial charge in [-0.3, -0.25) is 14.6 Å². The van der Waals surface area contributed by atoms with Gasteiger partial charge in [0.15, 0.2) is 0 Å². The number of aliphatic hydroxyl groups excluding tert-OH is 1. The molecule has 2 atom stereocenters. The van der Waals surface area contributed by atoms with Crippen LogP contribution >= 0.6 is 0 Å². The third kappa shape index (κ3) is 6.10. The SMILES string of the molecule is CON=C1C[C@@H](CC(=O)NC[C@H](O)c2ccccc2)N(C(=O)c2ccc(-c3ccccn3)cc2)C1. The zero-order chi connectivity index (χ0) is 24.6. The van der Waals surface area contributed by atoms with E-state index in [1.54, 1.807) is 35.4 Å². The second kappa shape index (κ2) is 11.4. The lowest BCUT2D eigenvalue weighted by atomic mass is 10.1. The number of pyridine rings is 1. The van der Waals surface area contributed by atoms with Crippen LogP contribution in [0.5, 0.6) is 0 Å². The summed E-state index contributed by atoms with van der Waals surface area (Å²) in [5.41, 5.74) is 3.70. The van der Waals surface area contributed by atoms with Crippen LogP contribution in [0.25, 0.3) is 11.3 Å². The molecule has 0 bridgehead atoms. The van der Waals surface area contributed by atoms with E-state index < -0.39 is 6.10 Å². The standard InChI is InChI=1S/C27H28N4O4/c1-35-30-22-15-23(16-26(33)29-17-25(32)20-7-3-2-4-8-20)31(18-22)27(34)21-12-10-19(11-13-21)24-9-5-6-14-28-24/h2-14,23,25,32H,15-18H2,1H3,(H,29,33)/t23-,25-/m0/s1. The fourth-order valence-corrected chi connectivity index (χ4v) is 4.16. The molecule has 0 spiro atoms. The maximum atomic E-state index is 13.3. The first-order valence-corrected chi connectivity index (χ1v) is 11.5. The lowest BCUT2D eigenvalue weighted by Gasteiger charge is -2.24. The molecule has 8 nitrogen and oxygen atoms in total. The van der Waals surface area contributed by atoms with Crippen LogP contribution in [-0.4, -0.2) is 58.8 Å². The van der Waals surface area contributed by atoms with Crippen molar-refractivity contribution in [1.82, 2.24) is 15.2 Å². The van der Waals surface area contributed by atoms with Crippen LogP contribution in [0, 0.1) is 0 Å². The van der Waals surface area contributed by atoms with Gasteiger partial charge in [-0.15, -0.1) is 0 Å². The Morgan fingerprint density at radius 2 is 1.86 bits per heavy atom. The summed E-state index contributed by atoms with van der Waals surface area (Å²) in [4.78, 5) is 36.9. The molecule has 0 aliphatic carbocycles. The Morgan fingerprint density at radius 1 is 1.11 bits per heavy atom. The van der Waals surface area contributed by atoms with E-state index in [-0.39, 0.29) is 30.8 Å². The van der Waals surface area contributed by atoms with Crippen LogP contribution in [0.3, 0.4) is 0 Å². The largest absolute Gasteiger partial charge is 0.399 e. The van der Waals surface area contributed by atoms with Gasteiger partial charge < -0.3 is 20.2 Å². The van der Waals surface area contributed by atoms with E-state index in [1.165, 1.54) is 7.11 Å². The third-order valence-corrected chi connectivity index (χ3v) is 5.94. The molecule has 0 radical (unpaired) electrons. The van der Waals surface area contributed by atoms with Gasteiger partial charge in [0, 0.05) is 42.8 Å². The van der Waals surface area contributed by atoms with Crippen molar-refractivity contribution >= 4 is 17.5 Å². The fraction of sp³-hybridized carbons (Fsp3) is 0.259. The normalized spacial score (nSPS) is 17.3. The van der Waals surface area contributed by atoms with E-state index >= 15 is 0 Å². The van der Waals surface area contributed by atoms with Crippen molar-refractivity contribution in [3.63, 3.8) is 0 Å². The molecule has 3 aromatic rings. The number of hydrogen-bond acceptors (Lipinski definition) is 6. The topological polar surface area (TPSA) is 104 Å². The first kappa shape index (κ1) is 24.1. The third-order valence-electron chi connectivity index (χ3n) is 5.94. The van der Waals surface area contributed by atoms with Crippen molar-refractivity contribution in [2.24, 2.45) is 5.16 Å². The number of hydrogen-bond donors (Lipinski definition) is 2. The maximum Gasteiger partial charge on any atom is 0.254 e. The number of carbonyl (C=O) groups is 2. The lowest BCUT2D eigenvalue weighted by Crippen LogP contribution is -2.40. The molecule has 1 saturated heterocycles. The van der Waals surface area contributed by atoms with Gasteiger partial charge in [-0.25, -0.2) is 0 Å². The molecule has 4 rings (SSSR count). The summed E-state index contributed by atoms with van der Waals surface area (Å²) in [6.07, 6.45) is 1.47. The predicted molar refractivity (Wildman–Crippen MR) is 133 cm³/mol. The summed E-state index contributed by atoms with van der Waals surface area (Å²) >= 11 is 0. The first-order chi connectivity index (χ1) is 17.0. The molecule has 0 saturated carbocycles. The van der Waals surface area contributed by atoms with Crippen molar-refractivity contribution in [3.05, 3.63) is 90.1 Å². The minimum atomic E-state index is -0.801. The summed E-state index contributed by atoms with van der Waals surface area (Å²) in [6, 6.07) is 21.7. The molecule has 1 fully saturated rings. The smallest absolute Gasteiger partial charge is 0.254 e. The highest BCUT2D eigenvalue weighted by Crippen LogP contribution is 2.24. The number of oxime groups is 1. The van der Waals surface area contributed by atoms with Gasteiger partial charge in [-0.1, -0.05) is 53.7 Å². The highest BCUT2D eigenvalue weighted by molar-refractivity contribution is 6.01. The van der Waals surface area contributed by atoms with E-state index in [1.807, 2.05) is 48.5 Å². The number of carbonyl (C=O) groups excluding carboxylic acids is 2. The molecule has 8 heteroatoms.